The second-order valence-corrected chi connectivity index (χ2v) is 9.92. The number of hydrogen-bond acceptors (Lipinski definition) is 6. The number of amides is 1. The first kappa shape index (κ1) is 27.9. The maximum absolute atomic E-state index is 13.4. The molecular formula is C22H15Cl2F3N4O5S. The fourth-order valence-electron chi connectivity index (χ4n) is 3.00. The van der Waals surface area contributed by atoms with Gasteiger partial charge < -0.3 is 0 Å². The van der Waals surface area contributed by atoms with E-state index in [0.29, 0.717) is 10.4 Å². The molecule has 0 fully saturated rings. The van der Waals surface area contributed by atoms with Crippen molar-refractivity contribution in [1.29, 1.82) is 0 Å². The van der Waals surface area contributed by atoms with E-state index in [-0.39, 0.29) is 21.2 Å². The zero-order valence-corrected chi connectivity index (χ0v) is 20.6. The predicted octanol–water partition coefficient (Wildman–Crippen LogP) is 5.27. The van der Waals surface area contributed by atoms with E-state index in [1.807, 2.05) is 5.43 Å². The zero-order valence-electron chi connectivity index (χ0n) is 18.3. The van der Waals surface area contributed by atoms with Crippen molar-refractivity contribution in [3.8, 4) is 0 Å². The third-order valence-electron chi connectivity index (χ3n) is 4.75. The molecule has 15 heteroatoms. The number of carbonyl (C=O) groups excluding carboxylic acids is 1. The maximum atomic E-state index is 13.4. The van der Waals surface area contributed by atoms with Crippen LogP contribution in [0.5, 0.6) is 0 Å². The standard InChI is InChI=1S/C22H15Cl2F3N4O5S/c23-19-8-7-16(31(33)34)10-14(19)12-28-29-21(32)13-30(37(35,36)17-4-2-1-3-5-17)15-6-9-20(24)18(11-15)22(25,26)27/h1-12H,13H2,(H,29,32)/b28-12-. The molecule has 0 bridgehead atoms. The van der Waals surface area contributed by atoms with E-state index >= 15 is 0 Å². The quantitative estimate of drug-likeness (QED) is 0.223. The Morgan fingerprint density at radius 3 is 2.32 bits per heavy atom. The molecule has 37 heavy (non-hydrogen) atoms. The third kappa shape index (κ3) is 6.76. The van der Waals surface area contributed by atoms with E-state index in [2.05, 4.69) is 5.10 Å². The largest absolute Gasteiger partial charge is 0.417 e. The van der Waals surface area contributed by atoms with Gasteiger partial charge in [0.15, 0.2) is 0 Å². The summed E-state index contributed by atoms with van der Waals surface area (Å²) in [4.78, 5) is 22.6. The zero-order chi connectivity index (χ0) is 27.4. The molecule has 1 N–H and O–H groups in total. The number of nitro groups is 1. The van der Waals surface area contributed by atoms with Gasteiger partial charge in [0.25, 0.3) is 21.6 Å². The molecule has 0 saturated carbocycles. The fourth-order valence-corrected chi connectivity index (χ4v) is 4.83. The van der Waals surface area contributed by atoms with Crippen LogP contribution < -0.4 is 9.73 Å². The molecule has 9 nitrogen and oxygen atoms in total. The van der Waals surface area contributed by atoms with Gasteiger partial charge in [0.05, 0.1) is 32.3 Å². The van der Waals surface area contributed by atoms with Crippen molar-refractivity contribution in [3.63, 3.8) is 0 Å². The van der Waals surface area contributed by atoms with Crippen LogP contribution in [0.15, 0.2) is 76.7 Å². The van der Waals surface area contributed by atoms with Crippen LogP contribution in [0.3, 0.4) is 0 Å². The number of halogens is 5. The summed E-state index contributed by atoms with van der Waals surface area (Å²) in [5, 5.41) is 14.0. The van der Waals surface area contributed by atoms with Gasteiger partial charge in [-0.3, -0.25) is 19.2 Å². The molecule has 0 saturated heterocycles. The number of benzene rings is 3. The van der Waals surface area contributed by atoms with Crippen molar-refractivity contribution < 1.29 is 31.3 Å². The predicted molar refractivity (Wildman–Crippen MR) is 131 cm³/mol. The van der Waals surface area contributed by atoms with Gasteiger partial charge >= 0.3 is 6.18 Å². The average molecular weight is 575 g/mol. The van der Waals surface area contributed by atoms with Crippen molar-refractivity contribution in [2.24, 2.45) is 5.10 Å². The highest BCUT2D eigenvalue weighted by atomic mass is 35.5. The number of nitrogens with one attached hydrogen (secondary N) is 1. The average Bonchev–Trinajstić information content (AvgIpc) is 2.83. The second-order valence-electron chi connectivity index (χ2n) is 7.24. The van der Waals surface area contributed by atoms with E-state index < -0.39 is 49.8 Å². The molecule has 0 aromatic heterocycles. The molecule has 0 radical (unpaired) electrons. The molecule has 3 aromatic rings. The van der Waals surface area contributed by atoms with Crippen LogP contribution in [0.2, 0.25) is 10.0 Å². The van der Waals surface area contributed by atoms with Crippen LogP contribution in [0.25, 0.3) is 0 Å². The van der Waals surface area contributed by atoms with Gasteiger partial charge in [-0.15, -0.1) is 0 Å². The smallest absolute Gasteiger partial charge is 0.271 e. The lowest BCUT2D eigenvalue weighted by Crippen LogP contribution is -2.39. The Morgan fingerprint density at radius 1 is 1.05 bits per heavy atom. The van der Waals surface area contributed by atoms with Gasteiger partial charge in [-0.05, 0) is 36.4 Å². The van der Waals surface area contributed by atoms with E-state index in [1.165, 1.54) is 36.4 Å². The molecule has 0 spiro atoms. The summed E-state index contributed by atoms with van der Waals surface area (Å²) in [6.45, 7) is -0.962. The fraction of sp³-hybridized carbons (Fsp3) is 0.0909. The molecule has 0 aliphatic rings. The van der Waals surface area contributed by atoms with Gasteiger partial charge in [0.2, 0.25) is 0 Å². The number of alkyl halides is 3. The van der Waals surface area contributed by atoms with Crippen LogP contribution in [0.4, 0.5) is 24.5 Å². The lowest BCUT2D eigenvalue weighted by molar-refractivity contribution is -0.384. The number of sulfonamides is 1. The number of anilines is 1. The third-order valence-corrected chi connectivity index (χ3v) is 7.21. The molecule has 3 aromatic carbocycles. The minimum Gasteiger partial charge on any atom is -0.271 e. The van der Waals surface area contributed by atoms with E-state index in [0.717, 1.165) is 30.5 Å². The van der Waals surface area contributed by atoms with Crippen molar-refractivity contribution >= 4 is 56.7 Å². The lowest BCUT2D eigenvalue weighted by Gasteiger charge is -2.24. The summed E-state index contributed by atoms with van der Waals surface area (Å²) in [5.74, 6) is -1.03. The first-order valence-electron chi connectivity index (χ1n) is 10.0. The number of carbonyl (C=O) groups is 1. The molecule has 1 amide bonds. The Hall–Kier alpha value is -3.68. The normalized spacial score (nSPS) is 11.9. The number of nitro benzene ring substituents is 1. The molecule has 0 aliphatic heterocycles. The monoisotopic (exact) mass is 574 g/mol. The molecule has 194 valence electrons. The summed E-state index contributed by atoms with van der Waals surface area (Å²) in [5.41, 5.74) is 0.0607. The van der Waals surface area contributed by atoms with Crippen molar-refractivity contribution in [1.82, 2.24) is 5.43 Å². The highest BCUT2D eigenvalue weighted by Gasteiger charge is 2.35. The number of hydrazone groups is 1. The first-order valence-corrected chi connectivity index (χ1v) is 12.2. The topological polar surface area (TPSA) is 122 Å². The Balaban J connectivity index is 1.93. The lowest BCUT2D eigenvalue weighted by atomic mass is 10.2. The highest BCUT2D eigenvalue weighted by molar-refractivity contribution is 7.92. The minimum absolute atomic E-state index is 0.0810. The van der Waals surface area contributed by atoms with Gasteiger partial charge in [0, 0.05) is 22.7 Å². The van der Waals surface area contributed by atoms with Crippen molar-refractivity contribution in [3.05, 3.63) is 98.0 Å². The Bertz CT molecular complexity index is 1470. The summed E-state index contributed by atoms with van der Waals surface area (Å²) < 4.78 is 67.2. The highest BCUT2D eigenvalue weighted by Crippen LogP contribution is 2.38. The second kappa shape index (κ2) is 11.2. The number of hydrogen-bond donors (Lipinski definition) is 1. The van der Waals surface area contributed by atoms with Crippen molar-refractivity contribution in [2.75, 3.05) is 10.8 Å². The Morgan fingerprint density at radius 2 is 1.70 bits per heavy atom. The summed E-state index contributed by atoms with van der Waals surface area (Å²) in [7, 11) is -4.51. The molecule has 0 unspecified atom stereocenters. The van der Waals surface area contributed by atoms with Crippen LogP contribution in [0, 0.1) is 10.1 Å². The van der Waals surface area contributed by atoms with Crippen LogP contribution >= 0.6 is 23.2 Å². The molecule has 0 aliphatic carbocycles. The van der Waals surface area contributed by atoms with Gasteiger partial charge in [-0.25, -0.2) is 13.8 Å². The van der Waals surface area contributed by atoms with Gasteiger partial charge in [-0.2, -0.15) is 18.3 Å². The first-order chi connectivity index (χ1) is 17.3. The van der Waals surface area contributed by atoms with E-state index in [1.54, 1.807) is 0 Å². The van der Waals surface area contributed by atoms with Crippen LogP contribution in [-0.2, 0) is 21.0 Å². The summed E-state index contributed by atoms with van der Waals surface area (Å²) >= 11 is 11.6. The molecular weight excluding hydrogens is 560 g/mol. The van der Waals surface area contributed by atoms with Gasteiger partial charge in [-0.1, -0.05) is 41.4 Å². The summed E-state index contributed by atoms with van der Waals surface area (Å²) in [6.07, 6.45) is -3.90. The van der Waals surface area contributed by atoms with Gasteiger partial charge in [0.1, 0.15) is 6.54 Å². The molecule has 0 atom stereocenters. The van der Waals surface area contributed by atoms with E-state index in [4.69, 9.17) is 23.2 Å². The van der Waals surface area contributed by atoms with E-state index in [9.17, 15) is 36.5 Å². The number of nitrogens with zero attached hydrogens (tertiary/aromatic N) is 3. The minimum atomic E-state index is -4.89. The number of rotatable bonds is 8. The SMILES string of the molecule is O=C(CN(c1ccc(Cl)c(C(F)(F)F)c1)S(=O)(=O)c1ccccc1)N/N=C\c1cc([N+](=O)[O-])ccc1Cl. The molecule has 0 heterocycles. The van der Waals surface area contributed by atoms with Crippen molar-refractivity contribution in [2.45, 2.75) is 11.1 Å². The Labute approximate surface area is 218 Å². The van der Waals surface area contributed by atoms with Crippen LogP contribution in [-0.4, -0.2) is 32.0 Å². The molecule has 3 rings (SSSR count). The maximum Gasteiger partial charge on any atom is 0.417 e. The van der Waals surface area contributed by atoms with Crippen LogP contribution in [0.1, 0.15) is 11.1 Å². The summed E-state index contributed by atoms with van der Waals surface area (Å²) in [6, 6.07) is 12.7. The Kier molecular flexibility index (Phi) is 8.41. The number of non-ortho nitro benzene ring substituents is 1.